The Bertz CT molecular complexity index is 455. The van der Waals surface area contributed by atoms with Crippen LogP contribution in [0.4, 0.5) is 0 Å². The maximum atomic E-state index is 10.00. The second kappa shape index (κ2) is 11.3. The van der Waals surface area contributed by atoms with E-state index in [-0.39, 0.29) is 19.3 Å². The number of aliphatic hydroxyl groups excluding tert-OH is 1. The summed E-state index contributed by atoms with van der Waals surface area (Å²) in [6.45, 7) is 23.0. The summed E-state index contributed by atoms with van der Waals surface area (Å²) >= 11 is 0. The van der Waals surface area contributed by atoms with E-state index in [4.69, 9.17) is 25.5 Å². The first-order chi connectivity index (χ1) is 11.5. The SMILES string of the molecule is C#[N+]C(C)(C)OCCC(C)(C=C)OCC(O)COC(=C)COC(C)C. The van der Waals surface area contributed by atoms with Gasteiger partial charge < -0.3 is 24.1 Å². The van der Waals surface area contributed by atoms with Gasteiger partial charge in [-0.1, -0.05) is 12.7 Å². The lowest BCUT2D eigenvalue weighted by molar-refractivity contribution is -0.0813. The standard InChI is InChI=1S/C19H34NO5/c1-9-19(7,10-11-24-18(5,6)20-8)25-14-17(21)13-23-16(4)12-22-15(2)3/h8-9,15,17,21H,1,4,10-14H2,2-3,5-7H3/q+1. The molecule has 0 aliphatic carbocycles. The van der Waals surface area contributed by atoms with Gasteiger partial charge in [0.2, 0.25) is 0 Å². The Balaban J connectivity index is 4.16. The first-order valence-corrected chi connectivity index (χ1v) is 8.47. The van der Waals surface area contributed by atoms with E-state index in [0.29, 0.717) is 25.4 Å². The Labute approximate surface area is 152 Å². The Morgan fingerprint density at radius 3 is 2.40 bits per heavy atom. The molecule has 0 aromatic rings. The average Bonchev–Trinajstić information content (AvgIpc) is 2.56. The second-order valence-corrected chi connectivity index (χ2v) is 6.87. The molecule has 0 aromatic carbocycles. The molecule has 0 bridgehead atoms. The van der Waals surface area contributed by atoms with Crippen LogP contribution in [0, 0.1) is 6.57 Å². The smallest absolute Gasteiger partial charge is 0.379 e. The first kappa shape index (κ1) is 23.6. The van der Waals surface area contributed by atoms with Gasteiger partial charge in [-0.25, -0.2) is 0 Å². The quantitative estimate of drug-likeness (QED) is 0.382. The van der Waals surface area contributed by atoms with Crippen molar-refractivity contribution in [1.29, 1.82) is 0 Å². The van der Waals surface area contributed by atoms with Gasteiger partial charge in [-0.15, -0.1) is 6.58 Å². The van der Waals surface area contributed by atoms with E-state index in [1.807, 2.05) is 20.8 Å². The second-order valence-electron chi connectivity index (χ2n) is 6.87. The maximum Gasteiger partial charge on any atom is 0.379 e. The van der Waals surface area contributed by atoms with Gasteiger partial charge in [0, 0.05) is 20.3 Å². The first-order valence-electron chi connectivity index (χ1n) is 8.47. The molecule has 6 nitrogen and oxygen atoms in total. The van der Waals surface area contributed by atoms with Crippen molar-refractivity contribution < 1.29 is 24.1 Å². The van der Waals surface area contributed by atoms with Crippen molar-refractivity contribution in [3.8, 4) is 6.57 Å². The van der Waals surface area contributed by atoms with Crippen LogP contribution in [0.15, 0.2) is 25.0 Å². The van der Waals surface area contributed by atoms with Gasteiger partial charge in [0.25, 0.3) is 6.57 Å². The molecule has 0 aromatic heterocycles. The molecule has 0 saturated carbocycles. The van der Waals surface area contributed by atoms with E-state index in [2.05, 4.69) is 18.0 Å². The van der Waals surface area contributed by atoms with Crippen molar-refractivity contribution in [2.75, 3.05) is 26.4 Å². The van der Waals surface area contributed by atoms with E-state index in [0.717, 1.165) is 0 Å². The van der Waals surface area contributed by atoms with E-state index in [1.54, 1.807) is 19.9 Å². The summed E-state index contributed by atoms with van der Waals surface area (Å²) in [6, 6.07) is 0. The fourth-order valence-corrected chi connectivity index (χ4v) is 1.62. The molecule has 0 saturated heterocycles. The highest BCUT2D eigenvalue weighted by molar-refractivity contribution is 4.94. The normalized spacial score (nSPS) is 15.3. The lowest BCUT2D eigenvalue weighted by Crippen LogP contribution is -2.34. The summed E-state index contributed by atoms with van der Waals surface area (Å²) in [5.41, 5.74) is -1.38. The van der Waals surface area contributed by atoms with Crippen molar-refractivity contribution in [1.82, 2.24) is 0 Å². The van der Waals surface area contributed by atoms with Crippen LogP contribution in [0.2, 0.25) is 0 Å². The molecule has 0 heterocycles. The Hall–Kier alpha value is -1.39. The number of aliphatic hydroxyl groups is 1. The minimum absolute atomic E-state index is 0.0864. The highest BCUT2D eigenvalue weighted by Crippen LogP contribution is 2.20. The number of hydrogen-bond donors (Lipinski definition) is 1. The van der Waals surface area contributed by atoms with Crippen LogP contribution in [-0.2, 0) is 18.9 Å². The summed E-state index contributed by atoms with van der Waals surface area (Å²) < 4.78 is 22.1. The molecular weight excluding hydrogens is 322 g/mol. The third-order valence-electron chi connectivity index (χ3n) is 3.46. The van der Waals surface area contributed by atoms with Crippen LogP contribution in [0.1, 0.15) is 41.0 Å². The average molecular weight is 356 g/mol. The Kier molecular flexibility index (Phi) is 10.6. The minimum Gasteiger partial charge on any atom is -0.493 e. The molecule has 0 aliphatic rings. The number of ether oxygens (including phenoxy) is 4. The summed E-state index contributed by atoms with van der Waals surface area (Å²) in [5, 5.41) is 10.00. The van der Waals surface area contributed by atoms with Gasteiger partial charge in [0.1, 0.15) is 25.1 Å². The molecule has 0 radical (unpaired) electrons. The Morgan fingerprint density at radius 1 is 1.24 bits per heavy atom. The zero-order valence-corrected chi connectivity index (χ0v) is 16.3. The zero-order chi connectivity index (χ0) is 19.5. The maximum absolute atomic E-state index is 10.00. The zero-order valence-electron chi connectivity index (χ0n) is 16.3. The van der Waals surface area contributed by atoms with Gasteiger partial charge in [-0.2, -0.15) is 0 Å². The van der Waals surface area contributed by atoms with Gasteiger partial charge in [-0.05, 0) is 25.6 Å². The van der Waals surface area contributed by atoms with Crippen LogP contribution in [-0.4, -0.2) is 55.1 Å². The highest BCUT2D eigenvalue weighted by atomic mass is 16.5. The van der Waals surface area contributed by atoms with Crippen LogP contribution in [0.5, 0.6) is 0 Å². The predicted octanol–water partition coefficient (Wildman–Crippen LogP) is 3.37. The molecule has 0 aliphatic heterocycles. The predicted molar refractivity (Wildman–Crippen MR) is 99.7 cm³/mol. The molecule has 2 atom stereocenters. The van der Waals surface area contributed by atoms with E-state index in [9.17, 15) is 5.11 Å². The van der Waals surface area contributed by atoms with Crippen LogP contribution in [0.25, 0.3) is 4.85 Å². The number of rotatable bonds is 14. The van der Waals surface area contributed by atoms with Crippen LogP contribution >= 0.6 is 0 Å². The largest absolute Gasteiger partial charge is 0.493 e. The van der Waals surface area contributed by atoms with Crippen LogP contribution in [0.3, 0.4) is 0 Å². The van der Waals surface area contributed by atoms with Gasteiger partial charge in [-0.3, -0.25) is 0 Å². The fraction of sp³-hybridized carbons (Fsp3) is 0.737. The molecule has 6 heteroatoms. The molecule has 144 valence electrons. The Morgan fingerprint density at radius 2 is 1.88 bits per heavy atom. The van der Waals surface area contributed by atoms with Crippen molar-refractivity contribution in [3.63, 3.8) is 0 Å². The molecule has 0 spiro atoms. The lowest BCUT2D eigenvalue weighted by Gasteiger charge is -2.28. The molecule has 25 heavy (non-hydrogen) atoms. The topological polar surface area (TPSA) is 61.5 Å². The van der Waals surface area contributed by atoms with Gasteiger partial charge in [0.05, 0.1) is 24.9 Å². The molecule has 2 unspecified atom stereocenters. The summed E-state index contributed by atoms with van der Waals surface area (Å²) in [7, 11) is 0. The van der Waals surface area contributed by atoms with E-state index < -0.39 is 17.4 Å². The molecular formula is C19H34NO5+. The van der Waals surface area contributed by atoms with Gasteiger partial charge >= 0.3 is 5.72 Å². The van der Waals surface area contributed by atoms with E-state index in [1.165, 1.54) is 0 Å². The summed E-state index contributed by atoms with van der Waals surface area (Å²) in [4.78, 5) is 3.64. The highest BCUT2D eigenvalue weighted by Gasteiger charge is 2.30. The third-order valence-corrected chi connectivity index (χ3v) is 3.46. The molecule has 1 N–H and O–H groups in total. The third kappa shape index (κ3) is 11.7. The summed E-state index contributed by atoms with van der Waals surface area (Å²) in [6.07, 6.45) is 1.55. The van der Waals surface area contributed by atoms with E-state index >= 15 is 0 Å². The summed E-state index contributed by atoms with van der Waals surface area (Å²) in [5.74, 6) is 0.473. The minimum atomic E-state index is -0.786. The molecule has 0 amide bonds. The van der Waals surface area contributed by atoms with Crippen LogP contribution < -0.4 is 0 Å². The number of hydrogen-bond acceptors (Lipinski definition) is 5. The van der Waals surface area contributed by atoms with Crippen molar-refractivity contribution in [2.45, 2.75) is 64.6 Å². The molecule has 0 fully saturated rings. The van der Waals surface area contributed by atoms with Gasteiger partial charge in [0.15, 0.2) is 0 Å². The fourth-order valence-electron chi connectivity index (χ4n) is 1.62. The number of nitrogens with zero attached hydrogens (tertiary/aromatic N) is 1. The monoisotopic (exact) mass is 356 g/mol. The van der Waals surface area contributed by atoms with Crippen molar-refractivity contribution in [3.05, 3.63) is 29.8 Å². The molecule has 0 rings (SSSR count). The lowest BCUT2D eigenvalue weighted by atomic mass is 10.0. The van der Waals surface area contributed by atoms with Crippen molar-refractivity contribution in [2.24, 2.45) is 0 Å². The van der Waals surface area contributed by atoms with Crippen molar-refractivity contribution >= 4 is 0 Å².